The first-order valence-electron chi connectivity index (χ1n) is 8.70. The molecule has 1 rings (SSSR count). The van der Waals surface area contributed by atoms with Gasteiger partial charge in [0.1, 0.15) is 6.10 Å². The van der Waals surface area contributed by atoms with Crippen molar-refractivity contribution < 1.29 is 24.2 Å². The van der Waals surface area contributed by atoms with Crippen molar-refractivity contribution in [1.29, 1.82) is 0 Å². The summed E-state index contributed by atoms with van der Waals surface area (Å²) in [6.45, 7) is 7.81. The first-order valence-corrected chi connectivity index (χ1v) is 8.70. The topological polar surface area (TPSA) is 76.1 Å². The minimum Gasteiger partial charge on any atom is -0.435 e. The normalized spacial score (nSPS) is 24.8. The number of carbonyl (C=O) groups is 2. The highest BCUT2D eigenvalue weighted by atomic mass is 16.6. The predicted octanol–water partition coefficient (Wildman–Crippen LogP) is 2.52. The molecule has 1 aliphatic rings. The van der Waals surface area contributed by atoms with Gasteiger partial charge in [-0.25, -0.2) is 4.79 Å². The van der Waals surface area contributed by atoms with Crippen LogP contribution < -0.4 is 0 Å². The Bertz CT molecular complexity index is 385. The second-order valence-corrected chi connectivity index (χ2v) is 6.36. The number of rotatable bonds is 8. The molecular weight excluding hydrogens is 298 g/mol. The standard InChI is InChI=1S/C17H31NO5/c1-5-7-13-11-14(20)16(15(22-13)8-6-2)23-17(21)18(9-10-19)12(3)4/h12-13,15-16,19H,5-11H2,1-4H3/t13-,15+,16+/m0/s1. The Morgan fingerprint density at radius 3 is 2.52 bits per heavy atom. The third kappa shape index (κ3) is 5.77. The van der Waals surface area contributed by atoms with Gasteiger partial charge in [-0.05, 0) is 26.7 Å². The molecule has 6 heteroatoms. The van der Waals surface area contributed by atoms with Crippen molar-refractivity contribution in [3.05, 3.63) is 0 Å². The lowest BCUT2D eigenvalue weighted by Gasteiger charge is -2.36. The van der Waals surface area contributed by atoms with E-state index in [1.165, 1.54) is 4.90 Å². The molecule has 0 radical (unpaired) electrons. The number of carbonyl (C=O) groups excluding carboxylic acids is 2. The summed E-state index contributed by atoms with van der Waals surface area (Å²) in [6, 6.07) is -0.105. The minimum absolute atomic E-state index is 0.0609. The molecule has 0 aliphatic carbocycles. The molecule has 1 N–H and O–H groups in total. The Morgan fingerprint density at radius 1 is 1.35 bits per heavy atom. The van der Waals surface area contributed by atoms with Crippen molar-refractivity contribution in [2.75, 3.05) is 13.2 Å². The second-order valence-electron chi connectivity index (χ2n) is 6.36. The summed E-state index contributed by atoms with van der Waals surface area (Å²) in [7, 11) is 0. The van der Waals surface area contributed by atoms with Crippen molar-refractivity contribution in [1.82, 2.24) is 4.90 Å². The average Bonchev–Trinajstić information content (AvgIpc) is 2.48. The van der Waals surface area contributed by atoms with E-state index in [1.54, 1.807) is 0 Å². The summed E-state index contributed by atoms with van der Waals surface area (Å²) >= 11 is 0. The van der Waals surface area contributed by atoms with Gasteiger partial charge in [-0.2, -0.15) is 0 Å². The van der Waals surface area contributed by atoms with Gasteiger partial charge in [0.15, 0.2) is 11.9 Å². The smallest absolute Gasteiger partial charge is 0.410 e. The summed E-state index contributed by atoms with van der Waals surface area (Å²) in [4.78, 5) is 26.2. The van der Waals surface area contributed by atoms with Crippen LogP contribution in [0.25, 0.3) is 0 Å². The Labute approximate surface area is 139 Å². The highest BCUT2D eigenvalue weighted by molar-refractivity contribution is 5.87. The van der Waals surface area contributed by atoms with E-state index in [9.17, 15) is 9.59 Å². The molecule has 1 aliphatic heterocycles. The lowest BCUT2D eigenvalue weighted by molar-refractivity contribution is -0.161. The molecule has 23 heavy (non-hydrogen) atoms. The first-order chi connectivity index (χ1) is 10.9. The van der Waals surface area contributed by atoms with Crippen LogP contribution in [0.5, 0.6) is 0 Å². The summed E-state index contributed by atoms with van der Waals surface area (Å²) < 4.78 is 11.5. The van der Waals surface area contributed by atoms with Gasteiger partial charge in [-0.15, -0.1) is 0 Å². The van der Waals surface area contributed by atoms with Crippen molar-refractivity contribution >= 4 is 11.9 Å². The molecule has 134 valence electrons. The highest BCUT2D eigenvalue weighted by Gasteiger charge is 2.40. The van der Waals surface area contributed by atoms with E-state index in [-0.39, 0.29) is 37.2 Å². The molecule has 1 heterocycles. The van der Waals surface area contributed by atoms with Crippen LogP contribution in [0.4, 0.5) is 4.79 Å². The van der Waals surface area contributed by atoms with Gasteiger partial charge >= 0.3 is 6.09 Å². The molecule has 0 aromatic heterocycles. The maximum absolute atomic E-state index is 12.4. The Morgan fingerprint density at radius 2 is 2.00 bits per heavy atom. The molecule has 0 aromatic carbocycles. The molecule has 6 nitrogen and oxygen atoms in total. The fourth-order valence-electron chi connectivity index (χ4n) is 2.90. The number of Topliss-reactive ketones (excluding diaryl/α,β-unsaturated/α-hetero) is 1. The van der Waals surface area contributed by atoms with E-state index >= 15 is 0 Å². The maximum Gasteiger partial charge on any atom is 0.410 e. The molecule has 1 fully saturated rings. The molecule has 0 unspecified atom stereocenters. The number of nitrogens with zero attached hydrogens (tertiary/aromatic N) is 1. The first kappa shape index (κ1) is 19.9. The molecule has 0 spiro atoms. The zero-order chi connectivity index (χ0) is 17.4. The van der Waals surface area contributed by atoms with E-state index < -0.39 is 12.2 Å². The number of aliphatic hydroxyl groups is 1. The number of amides is 1. The van der Waals surface area contributed by atoms with Crippen LogP contribution in [0.15, 0.2) is 0 Å². The summed E-state index contributed by atoms with van der Waals surface area (Å²) in [6.07, 6.45) is 1.80. The van der Waals surface area contributed by atoms with E-state index in [1.807, 2.05) is 20.8 Å². The van der Waals surface area contributed by atoms with E-state index in [2.05, 4.69) is 6.92 Å². The lowest BCUT2D eigenvalue weighted by Crippen LogP contribution is -2.50. The Balaban J connectivity index is 2.78. The third-order valence-electron chi connectivity index (χ3n) is 4.06. The fourth-order valence-corrected chi connectivity index (χ4v) is 2.90. The quantitative estimate of drug-likeness (QED) is 0.740. The van der Waals surface area contributed by atoms with Gasteiger partial charge in [0, 0.05) is 19.0 Å². The van der Waals surface area contributed by atoms with E-state index in [4.69, 9.17) is 14.6 Å². The molecule has 0 saturated carbocycles. The van der Waals surface area contributed by atoms with Crippen molar-refractivity contribution in [2.24, 2.45) is 0 Å². The zero-order valence-corrected chi connectivity index (χ0v) is 14.8. The van der Waals surface area contributed by atoms with Crippen molar-refractivity contribution in [3.63, 3.8) is 0 Å². The molecule has 1 saturated heterocycles. The largest absolute Gasteiger partial charge is 0.435 e. The van der Waals surface area contributed by atoms with Crippen LogP contribution in [-0.2, 0) is 14.3 Å². The van der Waals surface area contributed by atoms with Crippen LogP contribution in [0.2, 0.25) is 0 Å². The average molecular weight is 329 g/mol. The summed E-state index contributed by atoms with van der Waals surface area (Å²) in [5.74, 6) is -0.0609. The molecule has 0 bridgehead atoms. The second kappa shape index (κ2) is 9.88. The van der Waals surface area contributed by atoms with Crippen molar-refractivity contribution in [2.45, 2.75) is 84.2 Å². The maximum atomic E-state index is 12.4. The number of hydrogen-bond acceptors (Lipinski definition) is 5. The third-order valence-corrected chi connectivity index (χ3v) is 4.06. The highest BCUT2D eigenvalue weighted by Crippen LogP contribution is 2.26. The van der Waals surface area contributed by atoms with Gasteiger partial charge in [0.25, 0.3) is 0 Å². The molecule has 0 aromatic rings. The van der Waals surface area contributed by atoms with Gasteiger partial charge < -0.3 is 19.5 Å². The number of ether oxygens (including phenoxy) is 2. The number of ketones is 1. The van der Waals surface area contributed by atoms with Gasteiger partial charge in [0.05, 0.1) is 12.7 Å². The fraction of sp³-hybridized carbons (Fsp3) is 0.882. The van der Waals surface area contributed by atoms with Crippen LogP contribution in [0.3, 0.4) is 0 Å². The van der Waals surface area contributed by atoms with E-state index in [0.717, 1.165) is 19.3 Å². The van der Waals surface area contributed by atoms with Gasteiger partial charge in [-0.1, -0.05) is 26.7 Å². The minimum atomic E-state index is -0.838. The molecule has 3 atom stereocenters. The zero-order valence-electron chi connectivity index (χ0n) is 14.8. The van der Waals surface area contributed by atoms with Gasteiger partial charge in [-0.3, -0.25) is 4.79 Å². The van der Waals surface area contributed by atoms with Gasteiger partial charge in [0.2, 0.25) is 0 Å². The van der Waals surface area contributed by atoms with Crippen LogP contribution in [-0.4, -0.2) is 59.4 Å². The predicted molar refractivity (Wildman–Crippen MR) is 87.3 cm³/mol. The van der Waals surface area contributed by atoms with Crippen molar-refractivity contribution in [3.8, 4) is 0 Å². The van der Waals surface area contributed by atoms with Crippen LogP contribution >= 0.6 is 0 Å². The molecule has 1 amide bonds. The number of hydrogen-bond donors (Lipinski definition) is 1. The Kier molecular flexibility index (Phi) is 8.55. The lowest BCUT2D eigenvalue weighted by atomic mass is 9.94. The summed E-state index contributed by atoms with van der Waals surface area (Å²) in [5, 5.41) is 9.08. The number of aliphatic hydroxyl groups excluding tert-OH is 1. The monoisotopic (exact) mass is 329 g/mol. The summed E-state index contributed by atoms with van der Waals surface area (Å²) in [5.41, 5.74) is 0. The Hall–Kier alpha value is -1.14. The SMILES string of the molecule is CCC[C@H]1CC(=O)[C@@H](OC(=O)N(CCO)C(C)C)[C@@H](CCC)O1. The van der Waals surface area contributed by atoms with E-state index in [0.29, 0.717) is 12.8 Å². The van der Waals surface area contributed by atoms with Crippen LogP contribution in [0.1, 0.15) is 59.8 Å². The van der Waals surface area contributed by atoms with Crippen LogP contribution in [0, 0.1) is 0 Å². The molecular formula is C17H31NO5.